The highest BCUT2D eigenvalue weighted by Gasteiger charge is 2.31. The van der Waals surface area contributed by atoms with Crippen LogP contribution in [0.15, 0.2) is 48.3 Å². The molecule has 168 valence electrons. The second-order valence-electron chi connectivity index (χ2n) is 9.62. The SMILES string of the molecule is CCCCCCC[C@H]1CC[C@H](CCc2ccc(C3C=CC(F)(C#N)C=C3F)cc2)CC1. The van der Waals surface area contributed by atoms with Gasteiger partial charge in [-0.15, -0.1) is 0 Å². The summed E-state index contributed by atoms with van der Waals surface area (Å²) in [5.41, 5.74) is -0.245. The molecule has 0 saturated heterocycles. The zero-order chi connectivity index (χ0) is 22.1. The Labute approximate surface area is 187 Å². The van der Waals surface area contributed by atoms with Gasteiger partial charge in [-0.05, 0) is 41.9 Å². The van der Waals surface area contributed by atoms with Crippen molar-refractivity contribution in [3.05, 3.63) is 59.4 Å². The minimum atomic E-state index is -2.32. The summed E-state index contributed by atoms with van der Waals surface area (Å²) >= 11 is 0. The molecule has 1 fully saturated rings. The molecule has 3 heteroatoms. The maximum absolute atomic E-state index is 14.3. The minimum absolute atomic E-state index is 0.594. The first kappa shape index (κ1) is 23.7. The maximum Gasteiger partial charge on any atom is 0.235 e. The molecule has 3 rings (SSSR count). The van der Waals surface area contributed by atoms with Crippen molar-refractivity contribution in [2.75, 3.05) is 0 Å². The normalized spacial score (nSPS) is 28.2. The summed E-state index contributed by atoms with van der Waals surface area (Å²) in [6.07, 6.45) is 19.6. The molecule has 0 spiro atoms. The summed E-state index contributed by atoms with van der Waals surface area (Å²) in [6, 6.07) is 9.50. The molecular weight excluding hydrogens is 388 g/mol. The number of rotatable bonds is 10. The molecule has 1 saturated carbocycles. The number of halogens is 2. The number of hydrogen-bond acceptors (Lipinski definition) is 1. The average molecular weight is 426 g/mol. The Morgan fingerprint density at radius 3 is 2.23 bits per heavy atom. The van der Waals surface area contributed by atoms with Crippen LogP contribution in [0.3, 0.4) is 0 Å². The van der Waals surface area contributed by atoms with Crippen LogP contribution in [0.1, 0.15) is 94.6 Å². The van der Waals surface area contributed by atoms with E-state index in [0.717, 1.165) is 36.0 Å². The molecule has 0 aromatic heterocycles. The van der Waals surface area contributed by atoms with Crippen LogP contribution in [0.4, 0.5) is 8.78 Å². The number of allylic oxidation sites excluding steroid dienone is 4. The summed E-state index contributed by atoms with van der Waals surface area (Å²) in [5, 5.41) is 8.82. The molecule has 2 aliphatic carbocycles. The van der Waals surface area contributed by atoms with E-state index in [-0.39, 0.29) is 0 Å². The number of nitrogens with zero attached hydrogens (tertiary/aromatic N) is 1. The van der Waals surface area contributed by atoms with Crippen LogP contribution in [0.2, 0.25) is 0 Å². The summed E-state index contributed by atoms with van der Waals surface area (Å²) < 4.78 is 28.2. The molecule has 0 aliphatic heterocycles. The average Bonchev–Trinajstić information content (AvgIpc) is 2.79. The van der Waals surface area contributed by atoms with Gasteiger partial charge in [-0.3, -0.25) is 0 Å². The Kier molecular flexibility index (Phi) is 8.88. The van der Waals surface area contributed by atoms with E-state index in [1.165, 1.54) is 88.3 Å². The Morgan fingerprint density at radius 1 is 0.968 bits per heavy atom. The second-order valence-corrected chi connectivity index (χ2v) is 9.62. The third-order valence-corrected chi connectivity index (χ3v) is 7.21. The van der Waals surface area contributed by atoms with Crippen LogP contribution in [0.25, 0.3) is 0 Å². The predicted octanol–water partition coefficient (Wildman–Crippen LogP) is 8.52. The minimum Gasteiger partial charge on any atom is -0.218 e. The van der Waals surface area contributed by atoms with Gasteiger partial charge in [0.1, 0.15) is 11.9 Å². The topological polar surface area (TPSA) is 23.8 Å². The fourth-order valence-corrected chi connectivity index (χ4v) is 5.11. The quantitative estimate of drug-likeness (QED) is 0.272. The van der Waals surface area contributed by atoms with Crippen molar-refractivity contribution in [3.63, 3.8) is 0 Å². The highest BCUT2D eigenvalue weighted by molar-refractivity contribution is 5.42. The van der Waals surface area contributed by atoms with Crippen LogP contribution in [-0.2, 0) is 6.42 Å². The molecule has 1 aromatic carbocycles. The van der Waals surface area contributed by atoms with Crippen LogP contribution < -0.4 is 0 Å². The van der Waals surface area contributed by atoms with Gasteiger partial charge in [0.15, 0.2) is 0 Å². The van der Waals surface area contributed by atoms with Crippen LogP contribution >= 0.6 is 0 Å². The Hall–Kier alpha value is -1.95. The summed E-state index contributed by atoms with van der Waals surface area (Å²) in [4.78, 5) is 0. The molecule has 0 N–H and O–H groups in total. The fraction of sp³-hybridized carbons (Fsp3) is 0.607. The van der Waals surface area contributed by atoms with E-state index in [0.29, 0.717) is 0 Å². The first-order valence-corrected chi connectivity index (χ1v) is 12.3. The van der Waals surface area contributed by atoms with Gasteiger partial charge in [-0.25, -0.2) is 8.78 Å². The van der Waals surface area contributed by atoms with E-state index < -0.39 is 17.4 Å². The van der Waals surface area contributed by atoms with Crippen LogP contribution in [0, 0.1) is 23.2 Å². The highest BCUT2D eigenvalue weighted by atomic mass is 19.1. The molecule has 2 atom stereocenters. The Bertz CT molecular complexity index is 780. The summed E-state index contributed by atoms with van der Waals surface area (Å²) in [7, 11) is 0. The van der Waals surface area contributed by atoms with Gasteiger partial charge in [-0.2, -0.15) is 5.26 Å². The molecule has 0 heterocycles. The van der Waals surface area contributed by atoms with Gasteiger partial charge >= 0.3 is 0 Å². The van der Waals surface area contributed by atoms with Crippen LogP contribution in [0.5, 0.6) is 0 Å². The molecular formula is C28H37F2N. The van der Waals surface area contributed by atoms with E-state index >= 15 is 0 Å². The fourth-order valence-electron chi connectivity index (χ4n) is 5.11. The van der Waals surface area contributed by atoms with Crippen LogP contribution in [-0.4, -0.2) is 5.67 Å². The van der Waals surface area contributed by atoms with Gasteiger partial charge in [0, 0.05) is 6.08 Å². The van der Waals surface area contributed by atoms with Crippen molar-refractivity contribution >= 4 is 0 Å². The zero-order valence-corrected chi connectivity index (χ0v) is 19.0. The lowest BCUT2D eigenvalue weighted by Gasteiger charge is -2.28. The van der Waals surface area contributed by atoms with Crippen molar-refractivity contribution in [3.8, 4) is 6.07 Å². The van der Waals surface area contributed by atoms with Gasteiger partial charge < -0.3 is 0 Å². The summed E-state index contributed by atoms with van der Waals surface area (Å²) in [6.45, 7) is 2.27. The number of benzene rings is 1. The number of unbranched alkanes of at least 4 members (excludes halogenated alkanes) is 4. The van der Waals surface area contributed by atoms with Gasteiger partial charge in [0.05, 0.1) is 5.92 Å². The summed E-state index contributed by atoms with van der Waals surface area (Å²) in [5.74, 6) is 0.596. The standard InChI is InChI=1S/C28H37F2N/c1-2-3-4-5-6-7-22-8-10-23(11-9-22)12-13-24-14-16-25(17-15-24)26-18-19-28(30,21-31)20-27(26)29/h14-20,22-23,26H,2-13H2,1H3/t22-,23-,26?,28?. The number of nitriles is 1. The van der Waals surface area contributed by atoms with E-state index in [1.807, 2.05) is 12.1 Å². The number of aryl methyl sites for hydroxylation is 1. The third kappa shape index (κ3) is 7.03. The Morgan fingerprint density at radius 2 is 1.61 bits per heavy atom. The molecule has 2 unspecified atom stereocenters. The van der Waals surface area contributed by atoms with Gasteiger partial charge in [0.2, 0.25) is 5.67 Å². The lowest BCUT2D eigenvalue weighted by Crippen LogP contribution is -2.18. The molecule has 1 aromatic rings. The van der Waals surface area contributed by atoms with E-state index in [9.17, 15) is 8.78 Å². The van der Waals surface area contributed by atoms with Crippen molar-refractivity contribution in [1.29, 1.82) is 5.26 Å². The highest BCUT2D eigenvalue weighted by Crippen LogP contribution is 2.36. The van der Waals surface area contributed by atoms with E-state index in [4.69, 9.17) is 5.26 Å². The monoisotopic (exact) mass is 425 g/mol. The smallest absolute Gasteiger partial charge is 0.218 e. The molecule has 1 nitrogen and oxygen atoms in total. The van der Waals surface area contributed by atoms with Crippen molar-refractivity contribution in [2.24, 2.45) is 11.8 Å². The number of alkyl halides is 1. The predicted molar refractivity (Wildman–Crippen MR) is 124 cm³/mol. The lowest BCUT2D eigenvalue weighted by molar-refractivity contribution is 0.248. The molecule has 31 heavy (non-hydrogen) atoms. The second kappa shape index (κ2) is 11.6. The molecule has 2 aliphatic rings. The maximum atomic E-state index is 14.3. The third-order valence-electron chi connectivity index (χ3n) is 7.21. The Balaban J connectivity index is 1.39. The van der Waals surface area contributed by atoms with Crippen molar-refractivity contribution in [1.82, 2.24) is 0 Å². The molecule has 0 radical (unpaired) electrons. The van der Waals surface area contributed by atoms with Gasteiger partial charge in [0.25, 0.3) is 0 Å². The van der Waals surface area contributed by atoms with E-state index in [1.54, 1.807) is 0 Å². The van der Waals surface area contributed by atoms with Crippen molar-refractivity contribution in [2.45, 2.75) is 95.6 Å². The number of hydrogen-bond donors (Lipinski definition) is 0. The zero-order valence-electron chi connectivity index (χ0n) is 19.0. The van der Waals surface area contributed by atoms with E-state index in [2.05, 4.69) is 19.1 Å². The first-order valence-electron chi connectivity index (χ1n) is 12.3. The van der Waals surface area contributed by atoms with Crippen molar-refractivity contribution < 1.29 is 8.78 Å². The largest absolute Gasteiger partial charge is 0.235 e. The lowest BCUT2D eigenvalue weighted by atomic mass is 9.77. The molecule has 0 bridgehead atoms. The first-order chi connectivity index (χ1) is 15.0. The van der Waals surface area contributed by atoms with Gasteiger partial charge in [-0.1, -0.05) is 101 Å². The molecule has 0 amide bonds.